The molecule has 3 aromatic rings. The van der Waals surface area contributed by atoms with Crippen LogP contribution < -0.4 is 0 Å². The van der Waals surface area contributed by atoms with E-state index in [2.05, 4.69) is 123 Å². The van der Waals surface area contributed by atoms with Crippen LogP contribution in [0.1, 0.15) is 95.2 Å². The largest absolute Gasteiger partial charge is 0.103 e. The van der Waals surface area contributed by atoms with E-state index in [0.717, 1.165) is 6.42 Å². The van der Waals surface area contributed by atoms with Crippen molar-refractivity contribution in [2.45, 2.75) is 88.0 Å². The third-order valence-electron chi connectivity index (χ3n) is 8.45. The van der Waals surface area contributed by atoms with Crippen molar-refractivity contribution in [2.75, 3.05) is 0 Å². The third-order valence-corrected chi connectivity index (χ3v) is 8.45. The molecule has 0 fully saturated rings. The molecule has 0 nitrogen and oxygen atoms in total. The number of hydrogen-bond acceptors (Lipinski definition) is 0. The summed E-state index contributed by atoms with van der Waals surface area (Å²) in [5, 5.41) is 0. The van der Waals surface area contributed by atoms with Gasteiger partial charge in [0, 0.05) is 0 Å². The van der Waals surface area contributed by atoms with E-state index in [-0.39, 0.29) is 16.2 Å². The molecule has 0 heteroatoms. The second-order valence-corrected chi connectivity index (χ2v) is 11.0. The van der Waals surface area contributed by atoms with Crippen LogP contribution in [-0.2, 0) is 5.41 Å². The fraction of sp³-hybridized carbons (Fsp3) is 0.429. The molecule has 1 aliphatic rings. The Morgan fingerprint density at radius 2 is 1.09 bits per heavy atom. The minimum absolute atomic E-state index is 0.00834. The lowest BCUT2D eigenvalue weighted by Gasteiger charge is -2.55. The van der Waals surface area contributed by atoms with Crippen molar-refractivity contribution >= 4 is 0 Å². The van der Waals surface area contributed by atoms with E-state index in [9.17, 15) is 0 Å². The van der Waals surface area contributed by atoms with Gasteiger partial charge in [0.15, 0.2) is 0 Å². The molecule has 0 spiro atoms. The average Bonchev–Trinajstić information content (AvgIpc) is 3.11. The SMILES string of the molecule is C=CC.CC.CCC(C)(C)C(C)(C)C1(c2ccc(C)cc2)c2cc(C)ccc2-c2ccc(C)cc21. The van der Waals surface area contributed by atoms with Gasteiger partial charge in [-0.3, -0.25) is 0 Å². The minimum Gasteiger partial charge on any atom is -0.103 e. The first-order valence-electron chi connectivity index (χ1n) is 13.3. The molecule has 0 amide bonds. The number of benzene rings is 3. The lowest BCUT2D eigenvalue weighted by molar-refractivity contribution is 0.0500. The monoisotopic (exact) mass is 468 g/mol. The van der Waals surface area contributed by atoms with Gasteiger partial charge in [0.1, 0.15) is 0 Å². The maximum atomic E-state index is 3.36. The summed E-state index contributed by atoms with van der Waals surface area (Å²) in [6.07, 6.45) is 2.88. The van der Waals surface area contributed by atoms with Crippen molar-refractivity contribution in [3.05, 3.63) is 107 Å². The summed E-state index contributed by atoms with van der Waals surface area (Å²) in [4.78, 5) is 0. The van der Waals surface area contributed by atoms with Gasteiger partial charge >= 0.3 is 0 Å². The van der Waals surface area contributed by atoms with Gasteiger partial charge in [-0.15, -0.1) is 6.58 Å². The molecule has 0 bridgehead atoms. The smallest absolute Gasteiger partial charge is 0.0519 e. The van der Waals surface area contributed by atoms with Gasteiger partial charge in [-0.05, 0) is 66.3 Å². The van der Waals surface area contributed by atoms with Crippen molar-refractivity contribution in [1.82, 2.24) is 0 Å². The predicted molar refractivity (Wildman–Crippen MR) is 157 cm³/mol. The van der Waals surface area contributed by atoms with E-state index < -0.39 is 0 Å². The first-order chi connectivity index (χ1) is 16.5. The Bertz CT molecular complexity index is 1090. The Kier molecular flexibility index (Phi) is 8.99. The summed E-state index contributed by atoms with van der Waals surface area (Å²) in [7, 11) is 0. The molecule has 0 unspecified atom stereocenters. The van der Waals surface area contributed by atoms with Crippen molar-refractivity contribution in [1.29, 1.82) is 0 Å². The second kappa shape index (κ2) is 11.0. The number of hydrogen-bond donors (Lipinski definition) is 0. The van der Waals surface area contributed by atoms with Crippen LogP contribution in [0.4, 0.5) is 0 Å². The van der Waals surface area contributed by atoms with Crippen molar-refractivity contribution in [3.63, 3.8) is 0 Å². The molecular formula is C35H48. The van der Waals surface area contributed by atoms with Crippen molar-refractivity contribution < 1.29 is 0 Å². The second-order valence-electron chi connectivity index (χ2n) is 11.0. The number of rotatable bonds is 4. The quantitative estimate of drug-likeness (QED) is 0.334. The maximum Gasteiger partial charge on any atom is 0.0519 e. The highest BCUT2D eigenvalue weighted by molar-refractivity contribution is 5.85. The molecule has 0 saturated carbocycles. The molecule has 188 valence electrons. The fourth-order valence-electron chi connectivity index (χ4n) is 5.65. The molecule has 4 rings (SSSR count). The van der Waals surface area contributed by atoms with E-state index in [1.165, 1.54) is 44.5 Å². The van der Waals surface area contributed by atoms with Gasteiger partial charge in [-0.1, -0.05) is 138 Å². The summed E-state index contributed by atoms with van der Waals surface area (Å²) in [6, 6.07) is 23.5. The Morgan fingerprint density at radius 1 is 0.714 bits per heavy atom. The van der Waals surface area contributed by atoms with Crippen LogP contribution >= 0.6 is 0 Å². The van der Waals surface area contributed by atoms with E-state index in [0.29, 0.717) is 0 Å². The fourth-order valence-corrected chi connectivity index (χ4v) is 5.65. The van der Waals surface area contributed by atoms with E-state index >= 15 is 0 Å². The molecule has 0 atom stereocenters. The molecule has 1 aliphatic carbocycles. The zero-order valence-electron chi connectivity index (χ0n) is 24.3. The Hall–Kier alpha value is -2.60. The molecule has 35 heavy (non-hydrogen) atoms. The van der Waals surface area contributed by atoms with Crippen LogP contribution in [0.25, 0.3) is 11.1 Å². The van der Waals surface area contributed by atoms with Crippen LogP contribution in [0.2, 0.25) is 0 Å². The number of fused-ring (bicyclic) bond motifs is 3. The van der Waals surface area contributed by atoms with Gasteiger partial charge < -0.3 is 0 Å². The van der Waals surface area contributed by atoms with Crippen LogP contribution in [-0.4, -0.2) is 0 Å². The third kappa shape index (κ3) is 4.65. The maximum absolute atomic E-state index is 3.36. The Labute approximate surface area is 216 Å². The van der Waals surface area contributed by atoms with Crippen molar-refractivity contribution in [3.8, 4) is 11.1 Å². The number of aryl methyl sites for hydroxylation is 3. The van der Waals surface area contributed by atoms with Gasteiger partial charge in [-0.25, -0.2) is 0 Å². The van der Waals surface area contributed by atoms with Gasteiger partial charge in [-0.2, -0.15) is 0 Å². The molecule has 0 heterocycles. The molecule has 0 saturated heterocycles. The highest BCUT2D eigenvalue weighted by Gasteiger charge is 2.59. The standard InChI is InChI=1S/C30H36.C3H6.C2H6/c1-9-28(5,6)29(7,8)30(23-14-10-20(2)11-15-23)26-18-21(3)12-16-24(26)25-17-13-22(4)19-27(25)30;1-3-2;1-2/h10-19H,9H2,1-8H3;3H,1H2,2H3;1-2H3. The predicted octanol–water partition coefficient (Wildman–Crippen LogP) is 10.6. The lowest BCUT2D eigenvalue weighted by Crippen LogP contribution is -2.51. The van der Waals surface area contributed by atoms with E-state index in [1.807, 2.05) is 20.8 Å². The molecule has 3 aromatic carbocycles. The molecule has 0 aliphatic heterocycles. The highest BCUT2D eigenvalue weighted by atomic mass is 14.6. The van der Waals surface area contributed by atoms with E-state index in [4.69, 9.17) is 0 Å². The van der Waals surface area contributed by atoms with Crippen molar-refractivity contribution in [2.24, 2.45) is 10.8 Å². The Morgan fingerprint density at radius 3 is 1.46 bits per heavy atom. The zero-order valence-corrected chi connectivity index (χ0v) is 24.3. The van der Waals surface area contributed by atoms with Gasteiger partial charge in [0.05, 0.1) is 5.41 Å². The summed E-state index contributed by atoms with van der Waals surface area (Å²) in [5.41, 5.74) is 11.1. The average molecular weight is 469 g/mol. The molecule has 0 N–H and O–H groups in total. The number of allylic oxidation sites excluding steroid dienone is 1. The molecule has 0 aromatic heterocycles. The Balaban J connectivity index is 0.000000803. The summed E-state index contributed by atoms with van der Waals surface area (Å²) < 4.78 is 0. The minimum atomic E-state index is -0.192. The van der Waals surface area contributed by atoms with Crippen LogP contribution in [0.3, 0.4) is 0 Å². The van der Waals surface area contributed by atoms with E-state index in [1.54, 1.807) is 6.08 Å². The summed E-state index contributed by atoms with van der Waals surface area (Å²) in [5.74, 6) is 0. The summed E-state index contributed by atoms with van der Waals surface area (Å²) in [6.45, 7) is 28.1. The molecule has 0 radical (unpaired) electrons. The molecular weight excluding hydrogens is 420 g/mol. The van der Waals surface area contributed by atoms with Crippen LogP contribution in [0.5, 0.6) is 0 Å². The van der Waals surface area contributed by atoms with Crippen LogP contribution in [0, 0.1) is 31.6 Å². The normalized spacial score (nSPS) is 13.5. The first kappa shape index (κ1) is 28.6. The topological polar surface area (TPSA) is 0 Å². The summed E-state index contributed by atoms with van der Waals surface area (Å²) >= 11 is 0. The zero-order chi connectivity index (χ0) is 26.6. The van der Waals surface area contributed by atoms with Gasteiger partial charge in [0.2, 0.25) is 0 Å². The first-order valence-corrected chi connectivity index (χ1v) is 13.3. The van der Waals surface area contributed by atoms with Crippen LogP contribution in [0.15, 0.2) is 73.3 Å². The van der Waals surface area contributed by atoms with Gasteiger partial charge in [0.25, 0.3) is 0 Å². The highest BCUT2D eigenvalue weighted by Crippen LogP contribution is 2.66. The lowest BCUT2D eigenvalue weighted by atomic mass is 9.47.